The average molecular weight is 491 g/mol. The fourth-order valence-corrected chi connectivity index (χ4v) is 4.27. The smallest absolute Gasteiger partial charge is 0.257 e. The van der Waals surface area contributed by atoms with E-state index in [1.165, 1.54) is 54.6 Å². The maximum Gasteiger partial charge on any atom is 0.257 e. The molecule has 1 aromatic carbocycles. The van der Waals surface area contributed by atoms with Gasteiger partial charge in [0.05, 0.1) is 18.3 Å². The van der Waals surface area contributed by atoms with Crippen molar-refractivity contribution in [2.24, 2.45) is 7.05 Å². The van der Waals surface area contributed by atoms with Crippen molar-refractivity contribution in [3.05, 3.63) is 82.2 Å². The van der Waals surface area contributed by atoms with Gasteiger partial charge in [0.15, 0.2) is 5.82 Å². The number of nitrogens with one attached hydrogen (secondary N) is 1. The molecule has 2 aromatic heterocycles. The van der Waals surface area contributed by atoms with Crippen LogP contribution in [0.5, 0.6) is 0 Å². The number of aryl methyl sites for hydroxylation is 1. The molecule has 1 saturated heterocycles. The van der Waals surface area contributed by atoms with E-state index in [0.717, 1.165) is 6.07 Å². The Kier molecular flexibility index (Phi) is 6.79. The number of carbonyl (C=O) groups is 1. The molecular weight excluding hydrogens is 466 g/mol. The number of rotatable bonds is 6. The maximum absolute atomic E-state index is 14.7. The zero-order valence-electron chi connectivity index (χ0n) is 19.2. The van der Waals surface area contributed by atoms with Gasteiger partial charge in [-0.2, -0.15) is 0 Å². The topological polar surface area (TPSA) is 72.2 Å². The van der Waals surface area contributed by atoms with Gasteiger partial charge < -0.3 is 14.5 Å². The summed E-state index contributed by atoms with van der Waals surface area (Å²) in [5.74, 6) is -5.70. The van der Waals surface area contributed by atoms with Crippen LogP contribution >= 0.6 is 0 Å². The number of benzene rings is 1. The second kappa shape index (κ2) is 9.65. The van der Waals surface area contributed by atoms with Crippen LogP contribution < -0.4 is 10.9 Å². The third-order valence-electron chi connectivity index (χ3n) is 6.27. The lowest BCUT2D eigenvalue weighted by atomic mass is 9.87. The highest BCUT2D eigenvalue weighted by Gasteiger charge is 2.46. The number of hydrogen-bond acceptors (Lipinski definition) is 4. The van der Waals surface area contributed by atoms with Gasteiger partial charge in [-0.25, -0.2) is 22.5 Å². The lowest BCUT2D eigenvalue weighted by Gasteiger charge is -2.40. The minimum atomic E-state index is -2.97. The van der Waals surface area contributed by atoms with Crippen LogP contribution in [0.4, 0.5) is 23.4 Å². The van der Waals surface area contributed by atoms with E-state index in [1.807, 2.05) is 0 Å². The van der Waals surface area contributed by atoms with Crippen molar-refractivity contribution in [2.75, 3.05) is 18.4 Å². The first-order valence-electron chi connectivity index (χ1n) is 11.1. The minimum absolute atomic E-state index is 0.0312. The second-order valence-corrected chi connectivity index (χ2v) is 8.84. The third kappa shape index (κ3) is 5.61. The summed E-state index contributed by atoms with van der Waals surface area (Å²) in [6.45, 7) is 1.75. The van der Waals surface area contributed by atoms with Gasteiger partial charge in [-0.1, -0.05) is 6.07 Å². The number of halogens is 4. The van der Waals surface area contributed by atoms with Gasteiger partial charge in [0.25, 0.3) is 5.92 Å². The SMILES string of the molecule is CC(C(=O)Nc1cn(Cc2cc(F)cc(F)c2)cn1)N1CCC(F)(F)C(c2ccc(=O)n(C)c2)C1. The van der Waals surface area contributed by atoms with Gasteiger partial charge in [-0.05, 0) is 30.2 Å². The first kappa shape index (κ1) is 24.6. The molecule has 4 rings (SSSR count). The fourth-order valence-electron chi connectivity index (χ4n) is 4.27. The molecule has 0 saturated carbocycles. The molecule has 11 heteroatoms. The van der Waals surface area contributed by atoms with Crippen molar-refractivity contribution in [3.8, 4) is 0 Å². The summed E-state index contributed by atoms with van der Waals surface area (Å²) >= 11 is 0. The van der Waals surface area contributed by atoms with Crippen molar-refractivity contribution in [1.82, 2.24) is 19.0 Å². The molecule has 1 fully saturated rings. The van der Waals surface area contributed by atoms with Crippen molar-refractivity contribution >= 4 is 11.7 Å². The number of piperidine rings is 1. The largest absolute Gasteiger partial charge is 0.331 e. The Bertz CT molecular complexity index is 1270. The van der Waals surface area contributed by atoms with E-state index in [4.69, 9.17) is 0 Å². The average Bonchev–Trinajstić information content (AvgIpc) is 3.21. The first-order chi connectivity index (χ1) is 16.5. The molecule has 2 unspecified atom stereocenters. The van der Waals surface area contributed by atoms with Crippen molar-refractivity contribution in [2.45, 2.75) is 37.8 Å². The normalized spacial score (nSPS) is 18.9. The number of likely N-dealkylation sites (tertiary alicyclic amines) is 1. The molecule has 35 heavy (non-hydrogen) atoms. The Labute approximate surface area is 199 Å². The van der Waals surface area contributed by atoms with Crippen molar-refractivity contribution in [1.29, 1.82) is 0 Å². The second-order valence-electron chi connectivity index (χ2n) is 8.84. The van der Waals surface area contributed by atoms with E-state index < -0.39 is 41.8 Å². The lowest BCUT2D eigenvalue weighted by molar-refractivity contribution is -0.125. The summed E-state index contributed by atoms with van der Waals surface area (Å²) in [5, 5.41) is 2.67. The van der Waals surface area contributed by atoms with E-state index >= 15 is 0 Å². The molecule has 1 N–H and O–H groups in total. The Morgan fingerprint density at radius 2 is 1.91 bits per heavy atom. The summed E-state index contributed by atoms with van der Waals surface area (Å²) < 4.78 is 59.1. The number of carbonyl (C=O) groups excluding carboxylic acids is 1. The summed E-state index contributed by atoms with van der Waals surface area (Å²) in [6, 6.07) is 5.14. The summed E-state index contributed by atoms with van der Waals surface area (Å²) in [7, 11) is 1.50. The van der Waals surface area contributed by atoms with Gasteiger partial charge in [0.1, 0.15) is 11.6 Å². The number of alkyl halides is 2. The third-order valence-corrected chi connectivity index (χ3v) is 6.27. The molecule has 0 aliphatic carbocycles. The highest BCUT2D eigenvalue weighted by Crippen LogP contribution is 2.40. The van der Waals surface area contributed by atoms with Gasteiger partial charge in [0, 0.05) is 57.6 Å². The minimum Gasteiger partial charge on any atom is -0.331 e. The quantitative estimate of drug-likeness (QED) is 0.537. The number of pyridine rings is 1. The van der Waals surface area contributed by atoms with Crippen LogP contribution in [0, 0.1) is 11.6 Å². The van der Waals surface area contributed by atoms with Crippen LogP contribution in [0.15, 0.2) is 53.8 Å². The molecule has 7 nitrogen and oxygen atoms in total. The van der Waals surface area contributed by atoms with Crippen molar-refractivity contribution in [3.63, 3.8) is 0 Å². The molecule has 186 valence electrons. The molecule has 3 heterocycles. The zero-order chi connectivity index (χ0) is 25.3. The maximum atomic E-state index is 14.7. The van der Waals surface area contributed by atoms with Crippen LogP contribution in [0.1, 0.15) is 30.4 Å². The summed E-state index contributed by atoms with van der Waals surface area (Å²) in [6.07, 6.45) is 3.93. The Balaban J connectivity index is 1.42. The molecule has 0 bridgehead atoms. The van der Waals surface area contributed by atoms with E-state index in [-0.39, 0.29) is 31.0 Å². The van der Waals surface area contributed by atoms with E-state index in [9.17, 15) is 27.2 Å². The number of aromatic nitrogens is 3. The molecule has 1 aliphatic heterocycles. The molecular formula is C24H25F4N5O2. The Morgan fingerprint density at radius 3 is 2.60 bits per heavy atom. The van der Waals surface area contributed by atoms with E-state index in [0.29, 0.717) is 11.1 Å². The van der Waals surface area contributed by atoms with Gasteiger partial charge in [0.2, 0.25) is 11.5 Å². The van der Waals surface area contributed by atoms with Crippen LogP contribution in [-0.4, -0.2) is 50.0 Å². The van der Waals surface area contributed by atoms with Gasteiger partial charge in [-0.3, -0.25) is 14.5 Å². The lowest BCUT2D eigenvalue weighted by Crippen LogP contribution is -2.52. The fraction of sp³-hybridized carbons (Fsp3) is 0.375. The standard InChI is InChI=1S/C24H25F4N5O2/c1-15(33-6-5-24(27,28)20(12-33)17-3-4-22(34)31(2)11-17)23(35)30-21-13-32(14-29-21)10-16-7-18(25)9-19(26)8-16/h3-4,7-9,11,13-15,20H,5-6,10,12H2,1-2H3,(H,30,35). The Morgan fingerprint density at radius 1 is 1.20 bits per heavy atom. The molecule has 0 radical (unpaired) electrons. The van der Waals surface area contributed by atoms with Gasteiger partial charge in [-0.15, -0.1) is 0 Å². The monoisotopic (exact) mass is 491 g/mol. The highest BCUT2D eigenvalue weighted by molar-refractivity contribution is 5.93. The molecule has 1 amide bonds. The molecule has 0 spiro atoms. The number of amides is 1. The predicted octanol–water partition coefficient (Wildman–Crippen LogP) is 3.36. The van der Waals surface area contributed by atoms with Crippen LogP contribution in [0.25, 0.3) is 0 Å². The van der Waals surface area contributed by atoms with Crippen LogP contribution in [0.3, 0.4) is 0 Å². The predicted molar refractivity (Wildman–Crippen MR) is 121 cm³/mol. The highest BCUT2D eigenvalue weighted by atomic mass is 19.3. The molecule has 2 atom stereocenters. The number of nitrogens with zero attached hydrogens (tertiary/aromatic N) is 4. The van der Waals surface area contributed by atoms with Crippen LogP contribution in [0.2, 0.25) is 0 Å². The number of imidazole rings is 1. The van der Waals surface area contributed by atoms with Crippen LogP contribution in [-0.2, 0) is 18.4 Å². The number of hydrogen-bond donors (Lipinski definition) is 1. The Hall–Kier alpha value is -3.47. The van der Waals surface area contributed by atoms with Crippen molar-refractivity contribution < 1.29 is 22.4 Å². The van der Waals surface area contributed by atoms with Gasteiger partial charge >= 0.3 is 0 Å². The summed E-state index contributed by atoms with van der Waals surface area (Å²) in [4.78, 5) is 30.3. The molecule has 1 aliphatic rings. The molecule has 3 aromatic rings. The summed E-state index contributed by atoms with van der Waals surface area (Å²) in [5.41, 5.74) is 0.436. The first-order valence-corrected chi connectivity index (χ1v) is 11.1. The van der Waals surface area contributed by atoms with E-state index in [1.54, 1.807) is 16.4 Å². The van der Waals surface area contributed by atoms with E-state index in [2.05, 4.69) is 10.3 Å². The number of anilines is 1. The zero-order valence-corrected chi connectivity index (χ0v) is 19.2.